The van der Waals surface area contributed by atoms with Crippen LogP contribution >= 0.6 is 0 Å². The summed E-state index contributed by atoms with van der Waals surface area (Å²) in [6.45, 7) is 11.2. The van der Waals surface area contributed by atoms with Gasteiger partial charge in [-0.3, -0.25) is 4.79 Å². The van der Waals surface area contributed by atoms with E-state index in [4.69, 9.17) is 10.5 Å². The van der Waals surface area contributed by atoms with E-state index in [1.165, 1.54) is 37.8 Å². The molecule has 5 unspecified atom stereocenters. The summed E-state index contributed by atoms with van der Waals surface area (Å²) < 4.78 is 43.0. The Balaban J connectivity index is 0.000000244. The van der Waals surface area contributed by atoms with Crippen molar-refractivity contribution in [3.63, 3.8) is 0 Å². The first-order valence-corrected chi connectivity index (χ1v) is 13.3. The molecule has 0 amide bonds. The molecular formula is C30H42F3NO3. The maximum Gasteiger partial charge on any atom is 0.416 e. The van der Waals surface area contributed by atoms with E-state index >= 15 is 0 Å². The highest BCUT2D eigenvalue weighted by Gasteiger charge is 2.59. The molecule has 0 radical (unpaired) electrons. The molecule has 1 aliphatic heterocycles. The fraction of sp³-hybridized carbons (Fsp3) is 0.567. The van der Waals surface area contributed by atoms with Crippen LogP contribution in [0.15, 0.2) is 54.8 Å². The SMILES string of the molecule is C=C/C(N)=C/C=C(\C)c1cccc(C(F)(F)F)c1.CC.CC1OC(=O)C2(CO)CC3CCCCC3CC12. The van der Waals surface area contributed by atoms with Gasteiger partial charge in [-0.05, 0) is 73.9 Å². The Morgan fingerprint density at radius 2 is 1.86 bits per heavy atom. The van der Waals surface area contributed by atoms with Crippen LogP contribution in [-0.4, -0.2) is 23.8 Å². The van der Waals surface area contributed by atoms with Gasteiger partial charge in [0.25, 0.3) is 0 Å². The Hall–Kier alpha value is -2.54. The minimum Gasteiger partial charge on any atom is -0.462 e. The van der Waals surface area contributed by atoms with Crippen molar-refractivity contribution in [3.8, 4) is 0 Å². The number of rotatable bonds is 4. The lowest BCUT2D eigenvalue weighted by Gasteiger charge is -2.45. The average molecular weight is 522 g/mol. The van der Waals surface area contributed by atoms with Crippen LogP contribution in [0.3, 0.4) is 0 Å². The van der Waals surface area contributed by atoms with Gasteiger partial charge in [-0.1, -0.05) is 64.3 Å². The van der Waals surface area contributed by atoms with Crippen LogP contribution in [0.1, 0.15) is 77.3 Å². The van der Waals surface area contributed by atoms with Crippen molar-refractivity contribution in [2.24, 2.45) is 28.9 Å². The van der Waals surface area contributed by atoms with Crippen molar-refractivity contribution in [1.82, 2.24) is 0 Å². The second kappa shape index (κ2) is 13.3. The van der Waals surface area contributed by atoms with Gasteiger partial charge in [0.2, 0.25) is 0 Å². The van der Waals surface area contributed by atoms with Crippen LogP contribution in [-0.2, 0) is 15.7 Å². The number of nitrogens with two attached hydrogens (primary N) is 1. The second-order valence-corrected chi connectivity index (χ2v) is 10.1. The number of ether oxygens (including phenoxy) is 1. The maximum atomic E-state index is 12.5. The molecule has 0 aromatic heterocycles. The zero-order valence-electron chi connectivity index (χ0n) is 22.5. The van der Waals surface area contributed by atoms with Crippen molar-refractivity contribution < 1.29 is 27.8 Å². The van der Waals surface area contributed by atoms with Gasteiger partial charge in [0.05, 0.1) is 17.6 Å². The molecule has 3 N–H and O–H groups in total. The fourth-order valence-electron chi connectivity index (χ4n) is 5.85. The number of alkyl halides is 3. The normalized spacial score (nSPS) is 29.5. The smallest absolute Gasteiger partial charge is 0.416 e. The summed E-state index contributed by atoms with van der Waals surface area (Å²) in [6.07, 6.45) is 7.51. The summed E-state index contributed by atoms with van der Waals surface area (Å²) >= 11 is 0. The number of carbonyl (C=O) groups is 1. The maximum absolute atomic E-state index is 12.5. The second-order valence-electron chi connectivity index (χ2n) is 10.1. The molecule has 1 aromatic rings. The number of allylic oxidation sites excluding steroid dienone is 4. The van der Waals surface area contributed by atoms with Crippen LogP contribution in [0.25, 0.3) is 5.57 Å². The van der Waals surface area contributed by atoms with E-state index < -0.39 is 17.2 Å². The van der Waals surface area contributed by atoms with Gasteiger partial charge in [0, 0.05) is 11.6 Å². The molecule has 1 heterocycles. The molecule has 37 heavy (non-hydrogen) atoms. The number of hydrogen-bond donors (Lipinski definition) is 2. The summed E-state index contributed by atoms with van der Waals surface area (Å²) in [5.74, 6) is 1.52. The number of hydrogen-bond acceptors (Lipinski definition) is 4. The van der Waals surface area contributed by atoms with Gasteiger partial charge in [0.1, 0.15) is 6.10 Å². The Kier molecular flexibility index (Phi) is 11.0. The predicted octanol–water partition coefficient (Wildman–Crippen LogP) is 7.29. The topological polar surface area (TPSA) is 72.5 Å². The molecule has 206 valence electrons. The van der Waals surface area contributed by atoms with Crippen molar-refractivity contribution >= 4 is 11.5 Å². The third kappa shape index (κ3) is 7.28. The number of benzene rings is 1. The zero-order valence-corrected chi connectivity index (χ0v) is 22.5. The van der Waals surface area contributed by atoms with Gasteiger partial charge < -0.3 is 15.6 Å². The van der Waals surface area contributed by atoms with E-state index in [1.807, 2.05) is 20.8 Å². The molecular weight excluding hydrogens is 479 g/mol. The fourth-order valence-corrected chi connectivity index (χ4v) is 5.85. The number of aliphatic hydroxyl groups excluding tert-OH is 1. The number of fused-ring (bicyclic) bond motifs is 2. The molecule has 7 heteroatoms. The van der Waals surface area contributed by atoms with E-state index in [2.05, 4.69) is 6.58 Å². The van der Waals surface area contributed by atoms with Crippen molar-refractivity contribution in [2.75, 3.05) is 6.61 Å². The molecule has 4 nitrogen and oxygen atoms in total. The van der Waals surface area contributed by atoms with Crippen LogP contribution in [0.5, 0.6) is 0 Å². The molecule has 2 aliphatic carbocycles. The first-order chi connectivity index (χ1) is 17.5. The quantitative estimate of drug-likeness (QED) is 0.322. The van der Waals surface area contributed by atoms with Gasteiger partial charge in [-0.25, -0.2) is 0 Å². The predicted molar refractivity (Wildman–Crippen MR) is 142 cm³/mol. The summed E-state index contributed by atoms with van der Waals surface area (Å²) in [5, 5.41) is 9.73. The van der Waals surface area contributed by atoms with Crippen molar-refractivity contribution in [3.05, 3.63) is 65.9 Å². The number of halogens is 3. The summed E-state index contributed by atoms with van der Waals surface area (Å²) in [6, 6.07) is 5.17. The van der Waals surface area contributed by atoms with Crippen LogP contribution in [0.4, 0.5) is 13.2 Å². The Bertz CT molecular complexity index is 985. The van der Waals surface area contributed by atoms with E-state index in [-0.39, 0.29) is 24.6 Å². The minimum absolute atomic E-state index is 0.00229. The first-order valence-electron chi connectivity index (χ1n) is 13.3. The highest BCUT2D eigenvalue weighted by atomic mass is 19.4. The molecule has 1 saturated heterocycles. The molecule has 3 fully saturated rings. The highest BCUT2D eigenvalue weighted by molar-refractivity contribution is 5.80. The Morgan fingerprint density at radius 1 is 1.22 bits per heavy atom. The molecule has 0 bridgehead atoms. The minimum atomic E-state index is -4.33. The lowest BCUT2D eigenvalue weighted by Crippen LogP contribution is -2.47. The molecule has 3 aliphatic rings. The number of esters is 1. The van der Waals surface area contributed by atoms with Crippen LogP contribution in [0.2, 0.25) is 0 Å². The summed E-state index contributed by atoms with van der Waals surface area (Å²) in [4.78, 5) is 12.1. The first kappa shape index (κ1) is 30.7. The molecule has 1 aromatic carbocycles. The lowest BCUT2D eigenvalue weighted by molar-refractivity contribution is -0.153. The van der Waals surface area contributed by atoms with Gasteiger partial charge in [-0.15, -0.1) is 0 Å². The lowest BCUT2D eigenvalue weighted by atomic mass is 9.56. The third-order valence-electron chi connectivity index (χ3n) is 7.91. The van der Waals surface area contributed by atoms with Crippen molar-refractivity contribution in [1.29, 1.82) is 0 Å². The number of cyclic esters (lactones) is 1. The monoisotopic (exact) mass is 521 g/mol. The average Bonchev–Trinajstić information content (AvgIpc) is 3.15. The molecule has 0 spiro atoms. The Labute approximate surface area is 219 Å². The van der Waals surface area contributed by atoms with Crippen molar-refractivity contribution in [2.45, 2.75) is 78.5 Å². The van der Waals surface area contributed by atoms with Gasteiger partial charge in [0.15, 0.2) is 0 Å². The molecule has 4 rings (SSSR count). The third-order valence-corrected chi connectivity index (χ3v) is 7.91. The van der Waals surface area contributed by atoms with E-state index in [0.29, 0.717) is 22.8 Å². The highest BCUT2D eigenvalue weighted by Crippen LogP contribution is 2.56. The summed E-state index contributed by atoms with van der Waals surface area (Å²) in [5.41, 5.74) is 5.97. The number of carbonyl (C=O) groups excluding carboxylic acids is 1. The van der Waals surface area contributed by atoms with Gasteiger partial charge >= 0.3 is 12.1 Å². The van der Waals surface area contributed by atoms with Crippen LogP contribution in [0, 0.1) is 23.2 Å². The zero-order chi connectivity index (χ0) is 27.8. The largest absolute Gasteiger partial charge is 0.462 e. The standard InChI is InChI=1S/C14H14F3N.C14H22O3.C2H6/c1-3-13(18)8-7-10(2)11-5-4-6-12(9-11)14(15,16)17;1-9-12-6-10-4-2-3-5-11(10)7-14(12,8-15)13(16)17-9;1-2/h3-9H,1,18H2,2H3;9-12,15H,2-8H2,1H3;1-2H3/b10-7+,13-8-;;. The van der Waals surface area contributed by atoms with E-state index in [0.717, 1.165) is 30.9 Å². The molecule has 2 saturated carbocycles. The van der Waals surface area contributed by atoms with E-state index in [1.54, 1.807) is 25.1 Å². The summed E-state index contributed by atoms with van der Waals surface area (Å²) in [7, 11) is 0. The van der Waals surface area contributed by atoms with Crippen LogP contribution < -0.4 is 5.73 Å². The van der Waals surface area contributed by atoms with Gasteiger partial charge in [-0.2, -0.15) is 13.2 Å². The molecule has 5 atom stereocenters. The van der Waals surface area contributed by atoms with E-state index in [9.17, 15) is 23.1 Å². The Morgan fingerprint density at radius 3 is 2.46 bits per heavy atom. The number of aliphatic hydroxyl groups is 1.